The molecule has 3 rings (SSSR count). The lowest BCUT2D eigenvalue weighted by Crippen LogP contribution is -2.40. The molecule has 0 saturated heterocycles. The fourth-order valence-electron chi connectivity index (χ4n) is 3.11. The highest BCUT2D eigenvalue weighted by molar-refractivity contribution is 5.92. The Balaban J connectivity index is 2.29. The van der Waals surface area contributed by atoms with Crippen LogP contribution in [0.4, 0.5) is 5.95 Å². The van der Waals surface area contributed by atoms with Crippen molar-refractivity contribution in [3.63, 3.8) is 0 Å². The van der Waals surface area contributed by atoms with Crippen LogP contribution < -0.4 is 16.3 Å². The number of rotatable bonds is 5. The third-order valence-corrected chi connectivity index (χ3v) is 4.55. The molecule has 1 aliphatic rings. The SMILES string of the molecule is C=CCn1c(=O)c2c(nc3n2[C@H](C)C(C)=NN3CC(=O)OCC)n(C)c1=O. The zero-order valence-corrected chi connectivity index (χ0v) is 15.8. The molecular formula is C17H22N6O4. The van der Waals surface area contributed by atoms with Crippen LogP contribution in [0, 0.1) is 0 Å². The van der Waals surface area contributed by atoms with Gasteiger partial charge in [-0.25, -0.2) is 9.80 Å². The summed E-state index contributed by atoms with van der Waals surface area (Å²) in [4.78, 5) is 41.9. The van der Waals surface area contributed by atoms with Crippen LogP contribution in [0.25, 0.3) is 11.2 Å². The van der Waals surface area contributed by atoms with Crippen molar-refractivity contribution in [1.82, 2.24) is 18.7 Å². The molecule has 0 unspecified atom stereocenters. The summed E-state index contributed by atoms with van der Waals surface area (Å²) >= 11 is 0. The molecule has 1 atom stereocenters. The normalized spacial score (nSPS) is 16.2. The molecule has 0 N–H and O–H groups in total. The summed E-state index contributed by atoms with van der Waals surface area (Å²) in [6.45, 7) is 9.22. The number of aromatic nitrogens is 4. The summed E-state index contributed by atoms with van der Waals surface area (Å²) in [6, 6.07) is -0.258. The van der Waals surface area contributed by atoms with E-state index in [9.17, 15) is 14.4 Å². The Kier molecular flexibility index (Phi) is 4.73. The number of fused-ring (bicyclic) bond motifs is 3. The summed E-state index contributed by atoms with van der Waals surface area (Å²) in [7, 11) is 1.55. The highest BCUT2D eigenvalue weighted by Crippen LogP contribution is 2.29. The molecule has 10 heteroatoms. The first-order valence-corrected chi connectivity index (χ1v) is 8.62. The van der Waals surface area contributed by atoms with E-state index in [0.717, 1.165) is 4.57 Å². The molecule has 0 fully saturated rings. The number of nitrogens with zero attached hydrogens (tertiary/aromatic N) is 6. The van der Waals surface area contributed by atoms with Crippen molar-refractivity contribution < 1.29 is 9.53 Å². The van der Waals surface area contributed by atoms with E-state index in [-0.39, 0.29) is 36.9 Å². The lowest BCUT2D eigenvalue weighted by atomic mass is 10.2. The van der Waals surface area contributed by atoms with Crippen molar-refractivity contribution >= 4 is 28.8 Å². The van der Waals surface area contributed by atoms with Gasteiger partial charge in [0.1, 0.15) is 6.54 Å². The minimum absolute atomic E-state index is 0.0932. The van der Waals surface area contributed by atoms with Crippen molar-refractivity contribution in [1.29, 1.82) is 0 Å². The van der Waals surface area contributed by atoms with Crippen LogP contribution >= 0.6 is 0 Å². The van der Waals surface area contributed by atoms with Gasteiger partial charge in [-0.15, -0.1) is 6.58 Å². The number of imidazole rings is 1. The van der Waals surface area contributed by atoms with E-state index in [1.54, 1.807) is 18.5 Å². The summed E-state index contributed by atoms with van der Waals surface area (Å²) in [6.07, 6.45) is 1.49. The van der Waals surface area contributed by atoms with E-state index in [4.69, 9.17) is 4.74 Å². The molecule has 0 amide bonds. The van der Waals surface area contributed by atoms with Crippen molar-refractivity contribution in [2.75, 3.05) is 18.2 Å². The molecule has 2 aromatic rings. The van der Waals surface area contributed by atoms with Gasteiger partial charge in [-0.1, -0.05) is 6.08 Å². The molecule has 1 aliphatic heterocycles. The lowest BCUT2D eigenvalue weighted by molar-refractivity contribution is -0.141. The van der Waals surface area contributed by atoms with Gasteiger partial charge in [-0.2, -0.15) is 10.1 Å². The first kappa shape index (κ1) is 18.6. The maximum Gasteiger partial charge on any atom is 0.332 e. The van der Waals surface area contributed by atoms with E-state index in [0.29, 0.717) is 11.7 Å². The van der Waals surface area contributed by atoms with Crippen LogP contribution in [-0.2, 0) is 23.1 Å². The van der Waals surface area contributed by atoms with Crippen LogP contribution in [0.5, 0.6) is 0 Å². The van der Waals surface area contributed by atoms with Gasteiger partial charge >= 0.3 is 11.7 Å². The van der Waals surface area contributed by atoms with Gasteiger partial charge in [0.15, 0.2) is 11.2 Å². The molecule has 10 nitrogen and oxygen atoms in total. The quantitative estimate of drug-likeness (QED) is 0.554. The van der Waals surface area contributed by atoms with Gasteiger partial charge in [0, 0.05) is 13.6 Å². The van der Waals surface area contributed by atoms with Crippen LogP contribution in [0.2, 0.25) is 0 Å². The number of carbonyl (C=O) groups is 1. The number of hydrazone groups is 1. The van der Waals surface area contributed by atoms with Gasteiger partial charge in [0.05, 0.1) is 18.4 Å². The Morgan fingerprint density at radius 1 is 1.37 bits per heavy atom. The van der Waals surface area contributed by atoms with Crippen molar-refractivity contribution in [2.45, 2.75) is 33.4 Å². The molecule has 144 valence electrons. The predicted octanol–water partition coefficient (Wildman–Crippen LogP) is 0.403. The number of ether oxygens (including phenoxy) is 1. The second-order valence-corrected chi connectivity index (χ2v) is 6.28. The fraction of sp³-hybridized carbons (Fsp3) is 0.471. The predicted molar refractivity (Wildman–Crippen MR) is 101 cm³/mol. The van der Waals surface area contributed by atoms with Crippen molar-refractivity contribution in [2.24, 2.45) is 12.1 Å². The van der Waals surface area contributed by atoms with E-state index < -0.39 is 17.2 Å². The average Bonchev–Trinajstić information content (AvgIpc) is 3.03. The maximum atomic E-state index is 13.0. The van der Waals surface area contributed by atoms with Crippen LogP contribution in [-0.4, -0.2) is 43.5 Å². The number of allylic oxidation sites excluding steroid dienone is 1. The monoisotopic (exact) mass is 374 g/mol. The summed E-state index contributed by atoms with van der Waals surface area (Å²) in [5.41, 5.74) is 0.291. The highest BCUT2D eigenvalue weighted by atomic mass is 16.5. The first-order valence-electron chi connectivity index (χ1n) is 8.62. The Morgan fingerprint density at radius 3 is 2.70 bits per heavy atom. The van der Waals surface area contributed by atoms with Crippen molar-refractivity contribution in [3.05, 3.63) is 33.5 Å². The topological polar surface area (TPSA) is 104 Å². The molecular weight excluding hydrogens is 352 g/mol. The Bertz CT molecular complexity index is 1070. The van der Waals surface area contributed by atoms with Crippen LogP contribution in [0.1, 0.15) is 26.8 Å². The number of hydrogen-bond acceptors (Lipinski definition) is 7. The third kappa shape index (κ3) is 2.86. The van der Waals surface area contributed by atoms with Gasteiger partial charge in [0.25, 0.3) is 5.56 Å². The van der Waals surface area contributed by atoms with Crippen molar-refractivity contribution in [3.8, 4) is 0 Å². The lowest BCUT2D eigenvalue weighted by Gasteiger charge is -2.28. The number of carbonyl (C=O) groups excluding carboxylic acids is 1. The maximum absolute atomic E-state index is 13.0. The number of aryl methyl sites for hydroxylation is 1. The molecule has 0 radical (unpaired) electrons. The molecule has 0 aliphatic carbocycles. The Hall–Kier alpha value is -3.17. The highest BCUT2D eigenvalue weighted by Gasteiger charge is 2.31. The minimum atomic E-state index is -0.481. The molecule has 0 bridgehead atoms. The largest absolute Gasteiger partial charge is 0.465 e. The zero-order valence-electron chi connectivity index (χ0n) is 15.8. The van der Waals surface area contributed by atoms with Gasteiger partial charge in [0.2, 0.25) is 5.95 Å². The van der Waals surface area contributed by atoms with Crippen LogP contribution in [0.15, 0.2) is 27.3 Å². The smallest absolute Gasteiger partial charge is 0.332 e. The second-order valence-electron chi connectivity index (χ2n) is 6.28. The van der Waals surface area contributed by atoms with Gasteiger partial charge < -0.3 is 4.74 Å². The standard InChI is InChI=1S/C17H22N6O4/c1-6-8-21-15(25)13-14(20(5)17(21)26)18-16-22(9-12(24)27-7-2)19-10(3)11(4)23(13)16/h6,11H,1,7-9H2,2-5H3/t11-/m1/s1. The summed E-state index contributed by atoms with van der Waals surface area (Å²) in [5, 5.41) is 5.81. The fourth-order valence-corrected chi connectivity index (χ4v) is 3.11. The summed E-state index contributed by atoms with van der Waals surface area (Å²) in [5.74, 6) is -0.139. The van der Waals surface area contributed by atoms with Crippen LogP contribution in [0.3, 0.4) is 0 Å². The van der Waals surface area contributed by atoms with Gasteiger partial charge in [-0.05, 0) is 20.8 Å². The van der Waals surface area contributed by atoms with Gasteiger partial charge in [-0.3, -0.25) is 23.3 Å². The summed E-state index contributed by atoms with van der Waals surface area (Å²) < 4.78 is 9.12. The van der Waals surface area contributed by atoms with E-state index in [2.05, 4.69) is 16.7 Å². The minimum Gasteiger partial charge on any atom is -0.465 e. The zero-order chi connectivity index (χ0) is 19.9. The Morgan fingerprint density at radius 2 is 2.07 bits per heavy atom. The van der Waals surface area contributed by atoms with E-state index in [1.807, 2.05) is 13.8 Å². The number of esters is 1. The Labute approximate surface area is 155 Å². The molecule has 2 aromatic heterocycles. The molecule has 27 heavy (non-hydrogen) atoms. The second kappa shape index (κ2) is 6.86. The number of hydrogen-bond donors (Lipinski definition) is 0. The molecule has 0 saturated carbocycles. The third-order valence-electron chi connectivity index (χ3n) is 4.55. The van der Waals surface area contributed by atoms with E-state index in [1.165, 1.54) is 15.7 Å². The van der Waals surface area contributed by atoms with E-state index >= 15 is 0 Å². The molecule has 0 spiro atoms. The molecule has 3 heterocycles. The first-order chi connectivity index (χ1) is 12.8. The average molecular weight is 374 g/mol. The molecule has 0 aromatic carbocycles. The number of anilines is 1.